The van der Waals surface area contributed by atoms with Gasteiger partial charge < -0.3 is 8.25 Å². The van der Waals surface area contributed by atoms with E-state index in [-0.39, 0.29) is 0 Å². The third-order valence-corrected chi connectivity index (χ3v) is 9.89. The van der Waals surface area contributed by atoms with Crippen LogP contribution in [0.15, 0.2) is 49.1 Å². The van der Waals surface area contributed by atoms with E-state index in [2.05, 4.69) is 72.0 Å². The largest absolute Gasteiger partial charge is 0.480 e. The minimum atomic E-state index is -6.72. The molecule has 12 nitrogen and oxygen atoms in total. The molecular weight excluding hydrogens is 756 g/mol. The lowest BCUT2D eigenvalue weighted by Crippen LogP contribution is -2.31. The van der Waals surface area contributed by atoms with Gasteiger partial charge >= 0.3 is 22.0 Å². The first-order valence-electron chi connectivity index (χ1n) is 11.0. The van der Waals surface area contributed by atoms with E-state index in [0.29, 0.717) is 0 Å². The molecule has 0 unspecified atom stereocenters. The predicted molar refractivity (Wildman–Crippen MR) is 130 cm³/mol. The van der Waals surface area contributed by atoms with Crippen molar-refractivity contribution in [3.63, 3.8) is 0 Å². The van der Waals surface area contributed by atoms with E-state index in [4.69, 9.17) is 0 Å². The highest BCUT2D eigenvalue weighted by Gasteiger charge is 2.48. The summed E-state index contributed by atoms with van der Waals surface area (Å²) >= 11 is 0. The van der Waals surface area contributed by atoms with Gasteiger partial charge in [0.25, 0.3) is 0 Å². The summed E-state index contributed by atoms with van der Waals surface area (Å²) in [6.07, 6.45) is 8.48. The molecule has 0 aromatic carbocycles. The molecule has 46 heavy (non-hydrogen) atoms. The maximum Gasteiger partial charge on any atom is 0.480 e. The minimum Gasteiger partial charge on any atom is -0.421 e. The summed E-state index contributed by atoms with van der Waals surface area (Å²) in [5.41, 5.74) is -22.3. The summed E-state index contributed by atoms with van der Waals surface area (Å²) < 4.78 is 223. The molecule has 0 radical (unpaired) electrons. The van der Waals surface area contributed by atoms with Crippen molar-refractivity contribution in [1.82, 2.24) is 0 Å². The summed E-state index contributed by atoms with van der Waals surface area (Å²) in [6, 6.07) is 8.65. The fraction of sp³-hybridized carbons (Fsp3) is 0.444. The molecule has 0 bridgehead atoms. The number of alkyl halides is 12. The minimum absolute atomic E-state index is 0.778. The average molecular weight is 775 g/mol. The van der Waals surface area contributed by atoms with E-state index in [1.54, 1.807) is 0 Å². The highest BCUT2D eigenvalue weighted by atomic mass is 32.3. The number of aryl methyl sites for hydroxylation is 2. The fourth-order valence-corrected chi connectivity index (χ4v) is 5.57. The molecule has 266 valence electrons. The van der Waals surface area contributed by atoms with Crippen LogP contribution in [-0.2, 0) is 53.2 Å². The molecule has 0 aliphatic heterocycles. The van der Waals surface area contributed by atoms with Crippen molar-refractivity contribution in [1.29, 1.82) is 0 Å². The van der Waals surface area contributed by atoms with Crippen LogP contribution < -0.4 is 9.13 Å². The third-order valence-electron chi connectivity index (χ3n) is 4.41. The summed E-state index contributed by atoms with van der Waals surface area (Å²) in [4.78, 5) is 0. The molecule has 0 aliphatic rings. The lowest BCUT2D eigenvalue weighted by Gasteiger charge is -2.22. The highest BCUT2D eigenvalue weighted by molar-refractivity contribution is 8.13. The molecule has 2 heterocycles. The van der Waals surface area contributed by atoms with Gasteiger partial charge in [0, 0.05) is 24.3 Å². The van der Waals surface area contributed by atoms with Crippen molar-refractivity contribution in [2.75, 3.05) is 0 Å². The van der Waals surface area contributed by atoms with Crippen molar-refractivity contribution >= 4 is 40.1 Å². The Morgan fingerprint density at radius 1 is 0.457 bits per heavy atom. The standard InChI is InChI=1S/C14H18N2.2C2F6NO4S2/c1-3-15-9-5-13(6-10-15)14-7-11-16(4-2)12-8-14;2*3-1(4,5)14(10,11)9-15(12,13)2(6,7)8/h5-12H,3-4H2,1-2H3;;/q+2;2*-1. The molecule has 2 aromatic heterocycles. The average Bonchev–Trinajstić information content (AvgIpc) is 2.86. The quantitative estimate of drug-likeness (QED) is 0.299. The van der Waals surface area contributed by atoms with Gasteiger partial charge in [-0.1, -0.05) is 0 Å². The van der Waals surface area contributed by atoms with Crippen LogP contribution in [0.25, 0.3) is 19.4 Å². The smallest absolute Gasteiger partial charge is 0.421 e. The maximum absolute atomic E-state index is 11.4. The highest BCUT2D eigenvalue weighted by Crippen LogP contribution is 2.37. The molecule has 0 spiro atoms. The number of hydrogen-bond acceptors (Lipinski definition) is 8. The molecule has 0 atom stereocenters. The second-order valence-electron chi connectivity index (χ2n) is 7.67. The lowest BCUT2D eigenvalue weighted by molar-refractivity contribution is -0.693. The van der Waals surface area contributed by atoms with Crippen molar-refractivity contribution in [2.24, 2.45) is 0 Å². The molecule has 0 amide bonds. The summed E-state index contributed by atoms with van der Waals surface area (Å²) in [7, 11) is -26.9. The van der Waals surface area contributed by atoms with Crippen LogP contribution in [0.5, 0.6) is 0 Å². The van der Waals surface area contributed by atoms with Gasteiger partial charge in [0.2, 0.25) is 0 Å². The fourth-order valence-electron chi connectivity index (χ4n) is 2.15. The van der Waals surface area contributed by atoms with Gasteiger partial charge in [-0.25, -0.2) is 42.8 Å². The number of sulfonamides is 4. The van der Waals surface area contributed by atoms with Crippen LogP contribution in [0.1, 0.15) is 13.8 Å². The van der Waals surface area contributed by atoms with E-state index in [9.17, 15) is 86.4 Å². The number of nitrogens with zero attached hydrogens (tertiary/aromatic N) is 4. The van der Waals surface area contributed by atoms with E-state index in [0.717, 1.165) is 21.3 Å². The molecule has 0 N–H and O–H groups in total. The van der Waals surface area contributed by atoms with Crippen LogP contribution in [0.3, 0.4) is 0 Å². The molecule has 2 aromatic rings. The Hall–Kier alpha value is -2.82. The first kappa shape index (κ1) is 43.2. The van der Waals surface area contributed by atoms with Crippen LogP contribution in [0, 0.1) is 0 Å². The number of halogens is 12. The predicted octanol–water partition coefficient (Wildman–Crippen LogP) is 4.09. The molecule has 0 saturated heterocycles. The van der Waals surface area contributed by atoms with E-state index >= 15 is 0 Å². The first-order valence-corrected chi connectivity index (χ1v) is 16.7. The Labute approximate surface area is 252 Å². The topological polar surface area (TPSA) is 173 Å². The van der Waals surface area contributed by atoms with Crippen molar-refractivity contribution in [2.45, 2.75) is 49.0 Å². The van der Waals surface area contributed by atoms with Gasteiger partial charge in [-0.3, -0.25) is 0 Å². The molecule has 28 heteroatoms. The van der Waals surface area contributed by atoms with Gasteiger partial charge in [0.15, 0.2) is 64.9 Å². The third kappa shape index (κ3) is 12.4. The zero-order valence-corrected chi connectivity index (χ0v) is 25.5. The zero-order chi connectivity index (χ0) is 36.8. The van der Waals surface area contributed by atoms with Gasteiger partial charge in [-0.2, -0.15) is 52.7 Å². The summed E-state index contributed by atoms with van der Waals surface area (Å²) in [6.45, 7) is 6.33. The summed E-state index contributed by atoms with van der Waals surface area (Å²) in [5.74, 6) is 0. The van der Waals surface area contributed by atoms with Crippen LogP contribution in [0.4, 0.5) is 52.7 Å². The maximum atomic E-state index is 11.4. The Kier molecular flexibility index (Phi) is 14.0. The Morgan fingerprint density at radius 2 is 0.630 bits per heavy atom. The number of aromatic nitrogens is 2. The Morgan fingerprint density at radius 3 is 0.761 bits per heavy atom. The SMILES string of the molecule is CC[n+]1ccc(-c2cc[n+](CC)cc2)cc1.O=S(=O)([N-]S(=O)(=O)C(F)(F)F)C(F)(F)F.O=S(=O)([N-]S(=O)(=O)C(F)(F)F)C(F)(F)F. The molecular formula is C18H18F12N4O8S4. The van der Waals surface area contributed by atoms with Crippen molar-refractivity contribution in [3.8, 4) is 11.1 Å². The number of rotatable bonds is 7. The Balaban J connectivity index is 0.000000661. The van der Waals surface area contributed by atoms with E-state index < -0.39 is 62.1 Å². The lowest BCUT2D eigenvalue weighted by atomic mass is 10.1. The van der Waals surface area contributed by atoms with Gasteiger partial charge in [-0.05, 0) is 25.0 Å². The monoisotopic (exact) mass is 774 g/mol. The van der Waals surface area contributed by atoms with E-state index in [1.165, 1.54) is 11.1 Å². The van der Waals surface area contributed by atoms with Crippen LogP contribution in [-0.4, -0.2) is 55.7 Å². The number of pyridine rings is 2. The second-order valence-corrected chi connectivity index (χ2v) is 14.5. The van der Waals surface area contributed by atoms with Crippen LogP contribution >= 0.6 is 0 Å². The molecule has 0 fully saturated rings. The van der Waals surface area contributed by atoms with E-state index in [1.807, 2.05) is 0 Å². The molecule has 0 saturated carbocycles. The van der Waals surface area contributed by atoms with Crippen LogP contribution in [0.2, 0.25) is 0 Å². The van der Waals surface area contributed by atoms with Crippen molar-refractivity contribution < 1.29 is 95.5 Å². The molecule has 0 aliphatic carbocycles. The molecule has 2 rings (SSSR count). The van der Waals surface area contributed by atoms with Gasteiger partial charge in [0.05, 0.1) is 0 Å². The van der Waals surface area contributed by atoms with Crippen molar-refractivity contribution in [3.05, 3.63) is 57.3 Å². The number of hydrogen-bond donors (Lipinski definition) is 0. The zero-order valence-electron chi connectivity index (χ0n) is 22.3. The Bertz CT molecular complexity index is 1520. The van der Waals surface area contributed by atoms with Gasteiger partial charge in [-0.15, -0.1) is 0 Å². The first-order chi connectivity index (χ1) is 20.2. The summed E-state index contributed by atoms with van der Waals surface area (Å²) in [5, 5.41) is 0. The second kappa shape index (κ2) is 14.9. The normalized spacial score (nSPS) is 13.6. The van der Waals surface area contributed by atoms with Gasteiger partial charge in [0.1, 0.15) is 13.1 Å².